The lowest BCUT2D eigenvalue weighted by atomic mass is 9.95. The van der Waals surface area contributed by atoms with E-state index in [-0.39, 0.29) is 42.6 Å². The first-order valence-corrected chi connectivity index (χ1v) is 12.6. The van der Waals surface area contributed by atoms with Crippen LogP contribution in [0.1, 0.15) is 67.6 Å². The molecule has 1 saturated carbocycles. The number of aryl methyl sites for hydroxylation is 1. The molecule has 1 heterocycles. The van der Waals surface area contributed by atoms with E-state index in [1.165, 1.54) is 17.8 Å². The number of thiazole rings is 1. The Labute approximate surface area is 200 Å². The average Bonchev–Trinajstić information content (AvgIpc) is 3.20. The number of benzene rings is 1. The van der Waals surface area contributed by atoms with E-state index < -0.39 is 0 Å². The van der Waals surface area contributed by atoms with Crippen molar-refractivity contribution in [3.05, 3.63) is 46.5 Å². The van der Waals surface area contributed by atoms with Crippen LogP contribution in [0.4, 0.5) is 5.13 Å². The SMILES string of the molecule is Cc1ccc(C(=O)N(CC(=O)Nc2nc(CC(=O)NC3CCCCC3)cs2)CC(C)C)cc1. The van der Waals surface area contributed by atoms with Crippen LogP contribution in [0.15, 0.2) is 29.6 Å². The van der Waals surface area contributed by atoms with E-state index in [0.717, 1.165) is 31.2 Å². The number of carbonyl (C=O) groups excluding carboxylic acids is 3. The van der Waals surface area contributed by atoms with Crippen molar-refractivity contribution in [1.29, 1.82) is 0 Å². The lowest BCUT2D eigenvalue weighted by Gasteiger charge is -2.24. The molecule has 1 aromatic heterocycles. The number of amides is 3. The van der Waals surface area contributed by atoms with Crippen molar-refractivity contribution in [3.8, 4) is 0 Å². The number of nitrogens with one attached hydrogen (secondary N) is 2. The second-order valence-corrected chi connectivity index (χ2v) is 10.1. The standard InChI is InChI=1S/C25H34N4O3S/c1-17(2)14-29(24(32)19-11-9-18(3)10-12-19)15-23(31)28-25-27-21(16-33-25)13-22(30)26-20-7-5-4-6-8-20/h9-12,16-17,20H,4-8,13-15H2,1-3H3,(H,26,30)(H,27,28,31). The molecule has 3 amide bonds. The van der Waals surface area contributed by atoms with E-state index in [1.807, 2.05) is 32.9 Å². The van der Waals surface area contributed by atoms with Crippen molar-refractivity contribution in [3.63, 3.8) is 0 Å². The fraction of sp³-hybridized carbons (Fsp3) is 0.520. The lowest BCUT2D eigenvalue weighted by Crippen LogP contribution is -2.40. The molecule has 3 rings (SSSR count). The number of aromatic nitrogens is 1. The van der Waals surface area contributed by atoms with Gasteiger partial charge in [0.15, 0.2) is 5.13 Å². The van der Waals surface area contributed by atoms with Crippen LogP contribution in [0.3, 0.4) is 0 Å². The monoisotopic (exact) mass is 470 g/mol. The fourth-order valence-electron chi connectivity index (χ4n) is 4.01. The van der Waals surface area contributed by atoms with Crippen LogP contribution in [0.2, 0.25) is 0 Å². The van der Waals surface area contributed by atoms with Gasteiger partial charge < -0.3 is 15.5 Å². The molecule has 33 heavy (non-hydrogen) atoms. The normalized spacial score (nSPS) is 14.2. The van der Waals surface area contributed by atoms with Gasteiger partial charge in [0.05, 0.1) is 12.1 Å². The number of carbonyl (C=O) groups is 3. The minimum Gasteiger partial charge on any atom is -0.353 e. The maximum Gasteiger partial charge on any atom is 0.254 e. The van der Waals surface area contributed by atoms with Crippen molar-refractivity contribution < 1.29 is 14.4 Å². The molecule has 178 valence electrons. The van der Waals surface area contributed by atoms with Crippen molar-refractivity contribution in [2.75, 3.05) is 18.4 Å². The van der Waals surface area contributed by atoms with E-state index in [0.29, 0.717) is 22.9 Å². The first-order valence-electron chi connectivity index (χ1n) is 11.7. The van der Waals surface area contributed by atoms with Gasteiger partial charge in [-0.1, -0.05) is 50.8 Å². The van der Waals surface area contributed by atoms with E-state index in [4.69, 9.17) is 0 Å². The highest BCUT2D eigenvalue weighted by molar-refractivity contribution is 7.13. The third-order valence-corrected chi connectivity index (χ3v) is 6.42. The van der Waals surface area contributed by atoms with Gasteiger partial charge in [0, 0.05) is 23.5 Å². The third kappa shape index (κ3) is 7.96. The second-order valence-electron chi connectivity index (χ2n) is 9.22. The molecule has 0 bridgehead atoms. The Morgan fingerprint density at radius 2 is 1.79 bits per heavy atom. The predicted octanol–water partition coefficient (Wildman–Crippen LogP) is 4.18. The summed E-state index contributed by atoms with van der Waals surface area (Å²) in [5.74, 6) is -0.278. The first-order chi connectivity index (χ1) is 15.8. The minimum absolute atomic E-state index is 0.0307. The minimum atomic E-state index is -0.302. The maximum atomic E-state index is 13.0. The molecule has 0 aliphatic heterocycles. The molecule has 7 nitrogen and oxygen atoms in total. The number of rotatable bonds is 9. The van der Waals surface area contributed by atoms with E-state index in [9.17, 15) is 14.4 Å². The quantitative estimate of drug-likeness (QED) is 0.575. The molecule has 1 fully saturated rings. The van der Waals surface area contributed by atoms with Crippen LogP contribution in [0.5, 0.6) is 0 Å². The largest absolute Gasteiger partial charge is 0.353 e. The van der Waals surface area contributed by atoms with Crippen LogP contribution in [0.25, 0.3) is 0 Å². The Hall–Kier alpha value is -2.74. The molecular formula is C25H34N4O3S. The number of hydrogen-bond donors (Lipinski definition) is 2. The molecule has 1 aromatic carbocycles. The topological polar surface area (TPSA) is 91.4 Å². The highest BCUT2D eigenvalue weighted by Crippen LogP contribution is 2.19. The molecule has 1 aliphatic rings. The van der Waals surface area contributed by atoms with Gasteiger partial charge >= 0.3 is 0 Å². The molecule has 0 atom stereocenters. The van der Waals surface area contributed by atoms with Crippen molar-refractivity contribution in [2.24, 2.45) is 5.92 Å². The van der Waals surface area contributed by atoms with Gasteiger partial charge in [-0.2, -0.15) is 0 Å². The zero-order chi connectivity index (χ0) is 23.8. The summed E-state index contributed by atoms with van der Waals surface area (Å²) in [4.78, 5) is 43.9. The van der Waals surface area contributed by atoms with E-state index in [2.05, 4.69) is 15.6 Å². The Bertz CT molecular complexity index is 949. The number of anilines is 1. The summed E-state index contributed by atoms with van der Waals surface area (Å²) < 4.78 is 0. The van der Waals surface area contributed by atoms with Gasteiger partial charge in [-0.3, -0.25) is 14.4 Å². The number of nitrogens with zero attached hydrogens (tertiary/aromatic N) is 2. The summed E-state index contributed by atoms with van der Waals surface area (Å²) in [6, 6.07) is 7.62. The summed E-state index contributed by atoms with van der Waals surface area (Å²) in [6.07, 6.45) is 5.85. The van der Waals surface area contributed by atoms with Crippen LogP contribution in [0, 0.1) is 12.8 Å². The number of hydrogen-bond acceptors (Lipinski definition) is 5. The Kier molecular flexibility index (Phi) is 9.00. The zero-order valence-electron chi connectivity index (χ0n) is 19.7. The summed E-state index contributed by atoms with van der Waals surface area (Å²) in [7, 11) is 0. The van der Waals surface area contributed by atoms with Gasteiger partial charge in [0.1, 0.15) is 6.54 Å². The van der Waals surface area contributed by atoms with E-state index in [1.54, 1.807) is 22.4 Å². The molecular weight excluding hydrogens is 436 g/mol. The highest BCUT2D eigenvalue weighted by Gasteiger charge is 2.21. The molecule has 1 aliphatic carbocycles. The molecule has 2 N–H and O–H groups in total. The zero-order valence-corrected chi connectivity index (χ0v) is 20.5. The first kappa shape index (κ1) is 24.9. The molecule has 0 radical (unpaired) electrons. The average molecular weight is 471 g/mol. The lowest BCUT2D eigenvalue weighted by molar-refractivity contribution is -0.121. The summed E-state index contributed by atoms with van der Waals surface area (Å²) in [6.45, 7) is 6.42. The molecule has 0 unspecified atom stereocenters. The van der Waals surface area contributed by atoms with Gasteiger partial charge in [0.25, 0.3) is 5.91 Å². The fourth-order valence-corrected chi connectivity index (χ4v) is 4.73. The van der Waals surface area contributed by atoms with Gasteiger partial charge in [-0.25, -0.2) is 4.98 Å². The maximum absolute atomic E-state index is 13.0. The van der Waals surface area contributed by atoms with Crippen LogP contribution < -0.4 is 10.6 Å². The Balaban J connectivity index is 1.54. The van der Waals surface area contributed by atoms with E-state index >= 15 is 0 Å². The summed E-state index contributed by atoms with van der Waals surface area (Å²) in [5, 5.41) is 8.10. The molecule has 8 heteroatoms. The van der Waals surface area contributed by atoms with Crippen molar-refractivity contribution in [1.82, 2.24) is 15.2 Å². The third-order valence-electron chi connectivity index (χ3n) is 5.62. The van der Waals surface area contributed by atoms with Gasteiger partial charge in [-0.15, -0.1) is 11.3 Å². The molecule has 0 saturated heterocycles. The highest BCUT2D eigenvalue weighted by atomic mass is 32.1. The molecule has 2 aromatic rings. The Morgan fingerprint density at radius 3 is 2.45 bits per heavy atom. The predicted molar refractivity (Wildman–Crippen MR) is 131 cm³/mol. The van der Waals surface area contributed by atoms with Crippen LogP contribution >= 0.6 is 11.3 Å². The van der Waals surface area contributed by atoms with Gasteiger partial charge in [-0.05, 0) is 37.8 Å². The molecule has 0 spiro atoms. The van der Waals surface area contributed by atoms with Crippen molar-refractivity contribution in [2.45, 2.75) is 65.3 Å². The van der Waals surface area contributed by atoms with Crippen molar-refractivity contribution >= 4 is 34.2 Å². The summed E-state index contributed by atoms with van der Waals surface area (Å²) >= 11 is 1.29. The smallest absolute Gasteiger partial charge is 0.254 e. The van der Waals surface area contributed by atoms with Crippen LogP contribution in [-0.2, 0) is 16.0 Å². The van der Waals surface area contributed by atoms with Gasteiger partial charge in [0.2, 0.25) is 11.8 Å². The van der Waals surface area contributed by atoms with Crippen LogP contribution in [-0.4, -0.2) is 46.7 Å². The second kappa shape index (κ2) is 11.9. The Morgan fingerprint density at radius 1 is 1.09 bits per heavy atom. The summed E-state index contributed by atoms with van der Waals surface area (Å²) in [5.41, 5.74) is 2.28.